The SMILES string of the molecule is CCNc1nccc(NC(C)COCC)n1. The summed E-state index contributed by atoms with van der Waals surface area (Å²) >= 11 is 0. The van der Waals surface area contributed by atoms with Gasteiger partial charge < -0.3 is 15.4 Å². The van der Waals surface area contributed by atoms with Crippen molar-refractivity contribution in [2.75, 3.05) is 30.4 Å². The fourth-order valence-electron chi connectivity index (χ4n) is 1.27. The molecule has 1 aromatic rings. The lowest BCUT2D eigenvalue weighted by Gasteiger charge is -2.14. The van der Waals surface area contributed by atoms with Crippen molar-refractivity contribution in [1.82, 2.24) is 9.97 Å². The quantitative estimate of drug-likeness (QED) is 0.739. The number of rotatable bonds is 7. The molecule has 1 rings (SSSR count). The number of anilines is 2. The molecule has 2 N–H and O–H groups in total. The predicted molar refractivity (Wildman–Crippen MR) is 65.8 cm³/mol. The normalized spacial score (nSPS) is 12.2. The van der Waals surface area contributed by atoms with E-state index in [1.54, 1.807) is 6.20 Å². The Morgan fingerprint density at radius 3 is 2.94 bits per heavy atom. The van der Waals surface area contributed by atoms with Crippen LogP contribution in [0.4, 0.5) is 11.8 Å². The van der Waals surface area contributed by atoms with E-state index in [0.717, 1.165) is 19.0 Å². The molecule has 0 aliphatic heterocycles. The molecule has 5 nitrogen and oxygen atoms in total. The van der Waals surface area contributed by atoms with Crippen LogP contribution >= 0.6 is 0 Å². The molecule has 0 aliphatic rings. The molecule has 0 aliphatic carbocycles. The zero-order valence-corrected chi connectivity index (χ0v) is 10.2. The van der Waals surface area contributed by atoms with Crippen molar-refractivity contribution in [2.45, 2.75) is 26.8 Å². The van der Waals surface area contributed by atoms with Crippen molar-refractivity contribution in [3.05, 3.63) is 12.3 Å². The minimum atomic E-state index is 0.240. The highest BCUT2D eigenvalue weighted by molar-refractivity contribution is 5.40. The van der Waals surface area contributed by atoms with Gasteiger partial charge in [0.1, 0.15) is 5.82 Å². The molecule has 16 heavy (non-hydrogen) atoms. The average Bonchev–Trinajstić information content (AvgIpc) is 2.27. The molecule has 1 atom stereocenters. The second-order valence-corrected chi connectivity index (χ2v) is 3.50. The first-order chi connectivity index (χ1) is 7.76. The van der Waals surface area contributed by atoms with Crippen molar-refractivity contribution < 1.29 is 4.74 Å². The number of nitrogens with zero attached hydrogens (tertiary/aromatic N) is 2. The lowest BCUT2D eigenvalue weighted by molar-refractivity contribution is 0.141. The second kappa shape index (κ2) is 7.00. The highest BCUT2D eigenvalue weighted by Gasteiger charge is 2.03. The number of ether oxygens (including phenoxy) is 1. The third-order valence-electron chi connectivity index (χ3n) is 1.96. The molecule has 1 unspecified atom stereocenters. The Morgan fingerprint density at radius 1 is 1.44 bits per heavy atom. The zero-order chi connectivity index (χ0) is 11.8. The van der Waals surface area contributed by atoms with Crippen LogP contribution in [0.2, 0.25) is 0 Å². The summed E-state index contributed by atoms with van der Waals surface area (Å²) in [5.41, 5.74) is 0. The summed E-state index contributed by atoms with van der Waals surface area (Å²) < 4.78 is 5.32. The van der Waals surface area contributed by atoms with Crippen LogP contribution in [0.1, 0.15) is 20.8 Å². The summed E-state index contributed by atoms with van der Waals surface area (Å²) in [4.78, 5) is 8.43. The number of nitrogens with one attached hydrogen (secondary N) is 2. The average molecular weight is 224 g/mol. The van der Waals surface area contributed by atoms with Gasteiger partial charge in [-0.3, -0.25) is 0 Å². The Bertz CT molecular complexity index is 306. The fraction of sp³-hybridized carbons (Fsp3) is 0.636. The monoisotopic (exact) mass is 224 g/mol. The molecule has 0 aromatic carbocycles. The Kier molecular flexibility index (Phi) is 5.56. The Labute approximate surface area is 96.6 Å². The van der Waals surface area contributed by atoms with Gasteiger partial charge in [0.05, 0.1) is 6.61 Å². The molecule has 90 valence electrons. The molecule has 0 radical (unpaired) electrons. The first-order valence-electron chi connectivity index (χ1n) is 5.67. The molecular weight excluding hydrogens is 204 g/mol. The highest BCUT2D eigenvalue weighted by atomic mass is 16.5. The van der Waals surface area contributed by atoms with Crippen LogP contribution < -0.4 is 10.6 Å². The summed E-state index contributed by atoms with van der Waals surface area (Å²) in [6, 6.07) is 2.09. The van der Waals surface area contributed by atoms with Crippen molar-refractivity contribution >= 4 is 11.8 Å². The lowest BCUT2D eigenvalue weighted by Crippen LogP contribution is -2.22. The van der Waals surface area contributed by atoms with E-state index in [0.29, 0.717) is 12.6 Å². The van der Waals surface area contributed by atoms with Gasteiger partial charge in [0.2, 0.25) is 5.95 Å². The Balaban J connectivity index is 2.49. The summed E-state index contributed by atoms with van der Waals surface area (Å²) in [5, 5.41) is 6.33. The molecule has 0 saturated carbocycles. The minimum absolute atomic E-state index is 0.240. The van der Waals surface area contributed by atoms with Crippen LogP contribution in [0.5, 0.6) is 0 Å². The molecule has 0 amide bonds. The number of hydrogen-bond acceptors (Lipinski definition) is 5. The highest BCUT2D eigenvalue weighted by Crippen LogP contribution is 2.06. The minimum Gasteiger partial charge on any atom is -0.380 e. The maximum atomic E-state index is 5.32. The molecule has 0 spiro atoms. The molecule has 0 saturated heterocycles. The largest absolute Gasteiger partial charge is 0.380 e. The second-order valence-electron chi connectivity index (χ2n) is 3.50. The first-order valence-corrected chi connectivity index (χ1v) is 5.67. The summed E-state index contributed by atoms with van der Waals surface area (Å²) in [5.74, 6) is 1.47. The van der Waals surface area contributed by atoms with Gasteiger partial charge in [0.15, 0.2) is 0 Å². The summed E-state index contributed by atoms with van der Waals surface area (Å²) in [7, 11) is 0. The fourth-order valence-corrected chi connectivity index (χ4v) is 1.27. The van der Waals surface area contributed by atoms with Crippen LogP contribution in [0.3, 0.4) is 0 Å². The Hall–Kier alpha value is -1.36. The van der Waals surface area contributed by atoms with Gasteiger partial charge >= 0.3 is 0 Å². The van der Waals surface area contributed by atoms with E-state index in [9.17, 15) is 0 Å². The van der Waals surface area contributed by atoms with Gasteiger partial charge in [-0.2, -0.15) is 4.98 Å². The third-order valence-corrected chi connectivity index (χ3v) is 1.96. The zero-order valence-electron chi connectivity index (χ0n) is 10.2. The van der Waals surface area contributed by atoms with E-state index < -0.39 is 0 Å². The maximum Gasteiger partial charge on any atom is 0.224 e. The number of aromatic nitrogens is 2. The van der Waals surface area contributed by atoms with Crippen molar-refractivity contribution in [3.8, 4) is 0 Å². The van der Waals surface area contributed by atoms with Gasteiger partial charge in [-0.05, 0) is 26.8 Å². The molecular formula is C11H20N4O. The maximum absolute atomic E-state index is 5.32. The smallest absolute Gasteiger partial charge is 0.224 e. The molecule has 0 fully saturated rings. The van der Waals surface area contributed by atoms with E-state index in [-0.39, 0.29) is 6.04 Å². The number of hydrogen-bond donors (Lipinski definition) is 2. The van der Waals surface area contributed by atoms with Crippen molar-refractivity contribution in [2.24, 2.45) is 0 Å². The van der Waals surface area contributed by atoms with Crippen molar-refractivity contribution in [3.63, 3.8) is 0 Å². The summed E-state index contributed by atoms with van der Waals surface area (Å²) in [6.45, 7) is 8.29. The topological polar surface area (TPSA) is 59.1 Å². The van der Waals surface area contributed by atoms with Gasteiger partial charge in [-0.25, -0.2) is 4.98 Å². The van der Waals surface area contributed by atoms with Gasteiger partial charge in [0, 0.05) is 25.4 Å². The molecule has 5 heteroatoms. The van der Waals surface area contributed by atoms with Crippen LogP contribution in [0.15, 0.2) is 12.3 Å². The van der Waals surface area contributed by atoms with Gasteiger partial charge in [-0.15, -0.1) is 0 Å². The first kappa shape index (κ1) is 12.7. The molecule has 1 aromatic heterocycles. The van der Waals surface area contributed by atoms with Gasteiger partial charge in [-0.1, -0.05) is 0 Å². The van der Waals surface area contributed by atoms with E-state index in [1.807, 2.05) is 19.9 Å². The van der Waals surface area contributed by atoms with Crippen LogP contribution in [-0.4, -0.2) is 35.8 Å². The van der Waals surface area contributed by atoms with Crippen LogP contribution in [-0.2, 0) is 4.74 Å². The molecule has 1 heterocycles. The van der Waals surface area contributed by atoms with E-state index in [2.05, 4.69) is 27.5 Å². The van der Waals surface area contributed by atoms with Gasteiger partial charge in [0.25, 0.3) is 0 Å². The van der Waals surface area contributed by atoms with E-state index in [4.69, 9.17) is 4.74 Å². The summed E-state index contributed by atoms with van der Waals surface area (Å²) in [6.07, 6.45) is 1.74. The standard InChI is InChI=1S/C11H20N4O/c1-4-12-11-13-7-6-10(15-11)14-9(3)8-16-5-2/h6-7,9H,4-5,8H2,1-3H3,(H2,12,13,14,15). The molecule has 0 bridgehead atoms. The lowest BCUT2D eigenvalue weighted by atomic mass is 10.3. The Morgan fingerprint density at radius 2 is 2.25 bits per heavy atom. The van der Waals surface area contributed by atoms with E-state index >= 15 is 0 Å². The van der Waals surface area contributed by atoms with E-state index in [1.165, 1.54) is 0 Å². The van der Waals surface area contributed by atoms with Crippen LogP contribution in [0, 0.1) is 0 Å². The predicted octanol–water partition coefficient (Wildman–Crippen LogP) is 1.75. The van der Waals surface area contributed by atoms with Crippen molar-refractivity contribution in [1.29, 1.82) is 0 Å². The third kappa shape index (κ3) is 4.44. The van der Waals surface area contributed by atoms with Crippen LogP contribution in [0.25, 0.3) is 0 Å².